The van der Waals surface area contributed by atoms with Crippen LogP contribution in [0.3, 0.4) is 0 Å². The second kappa shape index (κ2) is 6.74. The summed E-state index contributed by atoms with van der Waals surface area (Å²) in [5.74, 6) is -0.197. The number of aliphatic imine (C=N–C) groups is 1. The summed E-state index contributed by atoms with van der Waals surface area (Å²) in [5, 5.41) is 0. The fourth-order valence-corrected chi connectivity index (χ4v) is 3.95. The first-order valence-corrected chi connectivity index (χ1v) is 9.35. The Bertz CT molecular complexity index is 925. The molecule has 0 saturated carbocycles. The summed E-state index contributed by atoms with van der Waals surface area (Å²) < 4.78 is 32.1. The molecule has 0 spiro atoms. The number of hydrogen-bond acceptors (Lipinski definition) is 5. The Balaban J connectivity index is 1.64. The molecule has 1 aliphatic rings. The molecule has 2 aromatic rings. The zero-order chi connectivity index (χ0) is 17.2. The second-order valence-electron chi connectivity index (χ2n) is 4.95. The van der Waals surface area contributed by atoms with Crippen LogP contribution in [0.5, 0.6) is 0 Å². The second-order valence-corrected chi connectivity index (χ2v) is 7.45. The number of halogens is 1. The average molecular weight is 409 g/mol. The quantitative estimate of drug-likeness (QED) is 0.621. The Kier molecular flexibility index (Phi) is 4.68. The van der Waals surface area contributed by atoms with Crippen molar-refractivity contribution in [2.45, 2.75) is 4.90 Å². The topological polar surface area (TPSA) is 84.8 Å². The number of rotatable bonds is 4. The van der Waals surface area contributed by atoms with Gasteiger partial charge >= 0.3 is 5.97 Å². The Morgan fingerprint density at radius 2 is 1.83 bits per heavy atom. The number of amidine groups is 1. The third kappa shape index (κ3) is 3.34. The number of hydrogen-bond donors (Lipinski definition) is 1. The van der Waals surface area contributed by atoms with E-state index < -0.39 is 16.0 Å². The van der Waals surface area contributed by atoms with Gasteiger partial charge in [-0.1, -0.05) is 24.3 Å². The van der Waals surface area contributed by atoms with E-state index in [0.29, 0.717) is 15.6 Å². The van der Waals surface area contributed by atoms with Crippen LogP contribution in [0.4, 0.5) is 0 Å². The van der Waals surface area contributed by atoms with Gasteiger partial charge in [0.05, 0.1) is 17.0 Å². The van der Waals surface area contributed by atoms with Crippen molar-refractivity contribution in [2.24, 2.45) is 4.99 Å². The molecular weight excluding hydrogens is 396 g/mol. The molecular formula is C16H13BrN2O4S. The molecule has 0 bridgehead atoms. The van der Waals surface area contributed by atoms with Crippen LogP contribution < -0.4 is 4.72 Å². The third-order valence-corrected chi connectivity index (χ3v) is 5.44. The highest BCUT2D eigenvalue weighted by atomic mass is 79.9. The van der Waals surface area contributed by atoms with Crippen LogP contribution in [0.1, 0.15) is 15.9 Å². The molecule has 0 saturated heterocycles. The van der Waals surface area contributed by atoms with Crippen molar-refractivity contribution in [1.82, 2.24) is 4.72 Å². The minimum Gasteiger partial charge on any atom is -0.460 e. The first-order valence-electron chi connectivity index (χ1n) is 7.07. The molecule has 1 N–H and O–H groups in total. The molecule has 0 fully saturated rings. The number of fused-ring (bicyclic) bond motifs is 1. The molecule has 1 heterocycles. The average Bonchev–Trinajstić information content (AvgIpc) is 2.83. The molecule has 0 aliphatic carbocycles. The van der Waals surface area contributed by atoms with Crippen molar-refractivity contribution < 1.29 is 17.9 Å². The minimum absolute atomic E-state index is 0.0492. The number of carbonyl (C=O) groups excluding carboxylic acids is 1. The van der Waals surface area contributed by atoms with Crippen molar-refractivity contribution in [2.75, 3.05) is 13.2 Å². The highest BCUT2D eigenvalue weighted by Gasteiger charge is 2.29. The Morgan fingerprint density at radius 1 is 1.12 bits per heavy atom. The van der Waals surface area contributed by atoms with Crippen LogP contribution in [0.25, 0.3) is 0 Å². The van der Waals surface area contributed by atoms with Crippen LogP contribution in [0.2, 0.25) is 0 Å². The Hall–Kier alpha value is -2.19. The molecule has 2 aromatic carbocycles. The smallest absolute Gasteiger partial charge is 0.339 e. The lowest BCUT2D eigenvalue weighted by atomic mass is 10.2. The van der Waals surface area contributed by atoms with Crippen LogP contribution in [-0.2, 0) is 14.8 Å². The lowest BCUT2D eigenvalue weighted by Crippen LogP contribution is -2.23. The minimum atomic E-state index is -3.55. The number of esters is 1. The fraction of sp³-hybridized carbons (Fsp3) is 0.125. The monoisotopic (exact) mass is 408 g/mol. The van der Waals surface area contributed by atoms with Crippen LogP contribution >= 0.6 is 15.9 Å². The molecule has 1 aliphatic heterocycles. The molecule has 124 valence electrons. The van der Waals surface area contributed by atoms with Crippen LogP contribution in [0.15, 0.2) is 62.9 Å². The maximum Gasteiger partial charge on any atom is 0.339 e. The normalized spacial score (nSPS) is 16.5. The first-order chi connectivity index (χ1) is 11.5. The number of nitrogens with zero attached hydrogens (tertiary/aromatic N) is 1. The highest BCUT2D eigenvalue weighted by molar-refractivity contribution is 9.10. The molecule has 6 nitrogen and oxygen atoms in total. The Labute approximate surface area is 147 Å². The van der Waals surface area contributed by atoms with Crippen LogP contribution in [0, 0.1) is 0 Å². The van der Waals surface area contributed by atoms with Crippen molar-refractivity contribution in [3.05, 3.63) is 64.1 Å². The van der Waals surface area contributed by atoms with Crippen molar-refractivity contribution in [3.8, 4) is 0 Å². The van der Waals surface area contributed by atoms with E-state index in [4.69, 9.17) is 4.74 Å². The predicted molar refractivity (Wildman–Crippen MR) is 92.6 cm³/mol. The zero-order valence-corrected chi connectivity index (χ0v) is 14.8. The van der Waals surface area contributed by atoms with Gasteiger partial charge in [0.25, 0.3) is 10.0 Å². The van der Waals surface area contributed by atoms with Gasteiger partial charge in [0.2, 0.25) is 0 Å². The van der Waals surface area contributed by atoms with E-state index in [1.807, 2.05) is 0 Å². The van der Waals surface area contributed by atoms with E-state index >= 15 is 0 Å². The maximum atomic E-state index is 12.0. The van der Waals surface area contributed by atoms with E-state index in [2.05, 4.69) is 25.6 Å². The molecule has 24 heavy (non-hydrogen) atoms. The predicted octanol–water partition coefficient (Wildman–Crippen LogP) is 2.34. The van der Waals surface area contributed by atoms with Crippen LogP contribution in [-0.4, -0.2) is 33.4 Å². The summed E-state index contributed by atoms with van der Waals surface area (Å²) in [4.78, 5) is 16.3. The number of benzene rings is 2. The van der Waals surface area contributed by atoms with Gasteiger partial charge < -0.3 is 4.74 Å². The van der Waals surface area contributed by atoms with E-state index in [1.165, 1.54) is 6.07 Å². The highest BCUT2D eigenvalue weighted by Crippen LogP contribution is 2.22. The number of sulfonamides is 1. The Morgan fingerprint density at radius 3 is 2.62 bits per heavy atom. The molecule has 0 radical (unpaired) electrons. The summed E-state index contributed by atoms with van der Waals surface area (Å²) in [6.07, 6.45) is 0. The van der Waals surface area contributed by atoms with Gasteiger partial charge in [-0.15, -0.1) is 0 Å². The largest absolute Gasteiger partial charge is 0.460 e. The first kappa shape index (κ1) is 16.7. The number of carbonyl (C=O) groups is 1. The lowest BCUT2D eigenvalue weighted by molar-refractivity contribution is 0.0516. The van der Waals surface area contributed by atoms with Gasteiger partial charge in [0.15, 0.2) is 0 Å². The van der Waals surface area contributed by atoms with Gasteiger partial charge in [-0.05, 0) is 40.2 Å². The van der Waals surface area contributed by atoms with Gasteiger partial charge in [-0.25, -0.2) is 13.2 Å². The fourth-order valence-electron chi connectivity index (χ4n) is 2.25. The van der Waals surface area contributed by atoms with E-state index in [1.54, 1.807) is 42.5 Å². The van der Waals surface area contributed by atoms with Crippen molar-refractivity contribution >= 4 is 37.8 Å². The summed E-state index contributed by atoms with van der Waals surface area (Å²) in [6.45, 7) is 0.204. The molecule has 3 rings (SSSR count). The molecule has 0 unspecified atom stereocenters. The summed E-state index contributed by atoms with van der Waals surface area (Å²) in [5.41, 5.74) is 0.951. The van der Waals surface area contributed by atoms with Gasteiger partial charge in [-0.2, -0.15) is 0 Å². The molecule has 0 atom stereocenters. The summed E-state index contributed by atoms with van der Waals surface area (Å²) >= 11 is 3.29. The van der Waals surface area contributed by atoms with E-state index in [0.717, 1.165) is 0 Å². The zero-order valence-electron chi connectivity index (χ0n) is 12.4. The molecule has 8 heteroatoms. The maximum absolute atomic E-state index is 12.0. The standard InChI is InChI=1S/C16H13BrN2O4S/c17-13-7-3-1-5-11(13)16(20)23-10-9-18-15-12-6-2-4-8-14(12)24(21,22)19-15/h1-8H,9-10H2,(H,18,19). The SMILES string of the molecule is O=C(OCCN=C1NS(=O)(=O)c2ccccc21)c1ccccc1Br. The molecule has 0 amide bonds. The van der Waals surface area contributed by atoms with E-state index in [9.17, 15) is 13.2 Å². The van der Waals surface area contributed by atoms with Gasteiger partial charge in [-0.3, -0.25) is 9.71 Å². The number of ether oxygens (including phenoxy) is 1. The molecule has 0 aromatic heterocycles. The van der Waals surface area contributed by atoms with E-state index in [-0.39, 0.29) is 23.9 Å². The number of nitrogens with one attached hydrogen (secondary N) is 1. The van der Waals surface area contributed by atoms with Crippen molar-refractivity contribution in [1.29, 1.82) is 0 Å². The van der Waals surface area contributed by atoms with Gasteiger partial charge in [0, 0.05) is 10.0 Å². The third-order valence-electron chi connectivity index (χ3n) is 3.35. The summed E-state index contributed by atoms with van der Waals surface area (Å²) in [7, 11) is -3.55. The summed E-state index contributed by atoms with van der Waals surface area (Å²) in [6, 6.07) is 13.5. The van der Waals surface area contributed by atoms with Crippen molar-refractivity contribution in [3.63, 3.8) is 0 Å². The van der Waals surface area contributed by atoms with Gasteiger partial charge in [0.1, 0.15) is 12.4 Å². The lowest BCUT2D eigenvalue weighted by Gasteiger charge is -2.05.